The van der Waals surface area contributed by atoms with Crippen LogP contribution in [0.25, 0.3) is 0 Å². The lowest BCUT2D eigenvalue weighted by Gasteiger charge is -2.18. The topological polar surface area (TPSA) is 37.4 Å². The molecule has 1 fully saturated rings. The second kappa shape index (κ2) is 5.58. The third-order valence-electron chi connectivity index (χ3n) is 2.67. The second-order valence-electron chi connectivity index (χ2n) is 4.16. The first kappa shape index (κ1) is 14.5. The zero-order valence-electron chi connectivity index (χ0n) is 9.95. The Bertz CT molecular complexity index is 530. The van der Waals surface area contributed by atoms with Crippen LogP contribution in [0.5, 0.6) is 0 Å². The van der Waals surface area contributed by atoms with Crippen molar-refractivity contribution in [3.8, 4) is 0 Å². The molecule has 0 saturated carbocycles. The second-order valence-corrected chi connectivity index (χ2v) is 6.55. The Kier molecular flexibility index (Phi) is 4.25. The number of carbonyl (C=O) groups is 2. The third-order valence-corrected chi connectivity index (χ3v) is 4.11. The average molecular weight is 350 g/mol. The van der Waals surface area contributed by atoms with E-state index in [-0.39, 0.29) is 39.4 Å². The summed E-state index contributed by atoms with van der Waals surface area (Å²) >= 11 is 4.01. The number of thioether (sulfide) groups is 1. The van der Waals surface area contributed by atoms with E-state index in [0.717, 1.165) is 28.8 Å². The minimum atomic E-state index is -0.798. The van der Waals surface area contributed by atoms with Crippen LogP contribution in [0, 0.1) is 11.6 Å². The number of benzene rings is 1. The number of halogens is 3. The summed E-state index contributed by atoms with van der Waals surface area (Å²) in [7, 11) is 0. The first-order valence-corrected chi connectivity index (χ1v) is 7.18. The van der Waals surface area contributed by atoms with E-state index in [1.807, 2.05) is 0 Å². The minimum Gasteiger partial charge on any atom is -0.306 e. The molecular weight excluding hydrogens is 340 g/mol. The molecular formula is C12H10BrF2NO2S. The van der Waals surface area contributed by atoms with Crippen molar-refractivity contribution in [3.63, 3.8) is 0 Å². The summed E-state index contributed by atoms with van der Waals surface area (Å²) in [6, 6.07) is 2.22. The van der Waals surface area contributed by atoms with Gasteiger partial charge in [-0.25, -0.2) is 8.78 Å². The molecule has 0 aliphatic carbocycles. The van der Waals surface area contributed by atoms with Gasteiger partial charge < -0.3 is 4.90 Å². The van der Waals surface area contributed by atoms with Crippen LogP contribution >= 0.6 is 27.7 Å². The van der Waals surface area contributed by atoms with Crippen LogP contribution in [0.15, 0.2) is 16.6 Å². The van der Waals surface area contributed by atoms with E-state index in [1.54, 1.807) is 0 Å². The van der Waals surface area contributed by atoms with Gasteiger partial charge in [0.15, 0.2) is 16.7 Å². The van der Waals surface area contributed by atoms with Gasteiger partial charge in [-0.15, -0.1) is 0 Å². The highest BCUT2D eigenvalue weighted by atomic mass is 79.9. The van der Waals surface area contributed by atoms with Gasteiger partial charge in [-0.2, -0.15) is 0 Å². The first-order valence-electron chi connectivity index (χ1n) is 5.50. The summed E-state index contributed by atoms with van der Waals surface area (Å²) in [6.45, 7) is 1.54. The van der Waals surface area contributed by atoms with Gasteiger partial charge in [0, 0.05) is 29.6 Å². The van der Waals surface area contributed by atoms with E-state index in [2.05, 4.69) is 15.9 Å². The van der Waals surface area contributed by atoms with Crippen molar-refractivity contribution < 1.29 is 18.4 Å². The molecule has 1 unspecified atom stereocenters. The number of hydrogen-bond donors (Lipinski definition) is 0. The molecule has 19 heavy (non-hydrogen) atoms. The third kappa shape index (κ3) is 3.14. The molecule has 1 aromatic carbocycles. The number of amides is 1. The molecule has 2 rings (SSSR count). The fraction of sp³-hybridized carbons (Fsp3) is 0.333. The lowest BCUT2D eigenvalue weighted by molar-refractivity contribution is -0.117. The standard InChI is InChI=1S/C12H10BrF2NO2S/c1-6(17)19-8-4-11(18)16(5-8)12-9(14)2-7(13)3-10(12)15/h2-3,8H,4-5H2,1H3. The first-order chi connectivity index (χ1) is 8.88. The molecule has 1 aliphatic rings. The fourth-order valence-electron chi connectivity index (χ4n) is 2.00. The SMILES string of the molecule is CC(=O)SC1CC(=O)N(c2c(F)cc(Br)cc2F)C1. The van der Waals surface area contributed by atoms with Crippen LogP contribution in [-0.2, 0) is 9.59 Å². The number of anilines is 1. The summed E-state index contributed by atoms with van der Waals surface area (Å²) in [4.78, 5) is 23.9. The summed E-state index contributed by atoms with van der Waals surface area (Å²) in [5.41, 5.74) is -0.347. The lowest BCUT2D eigenvalue weighted by Crippen LogP contribution is -2.27. The average Bonchev–Trinajstić information content (AvgIpc) is 2.57. The fourth-order valence-corrected chi connectivity index (χ4v) is 3.32. The zero-order chi connectivity index (χ0) is 14.2. The largest absolute Gasteiger partial charge is 0.306 e. The summed E-state index contributed by atoms with van der Waals surface area (Å²) in [5, 5.41) is -0.371. The van der Waals surface area contributed by atoms with Crippen LogP contribution in [0.2, 0.25) is 0 Å². The van der Waals surface area contributed by atoms with Gasteiger partial charge >= 0.3 is 0 Å². The molecule has 0 radical (unpaired) electrons. The number of rotatable bonds is 2. The molecule has 3 nitrogen and oxygen atoms in total. The maximum Gasteiger partial charge on any atom is 0.228 e. The summed E-state index contributed by atoms with van der Waals surface area (Å²) < 4.78 is 27.8. The summed E-state index contributed by atoms with van der Waals surface area (Å²) in [6.07, 6.45) is 0.110. The molecule has 7 heteroatoms. The van der Waals surface area contributed by atoms with Crippen molar-refractivity contribution in [1.82, 2.24) is 0 Å². The van der Waals surface area contributed by atoms with Gasteiger partial charge in [0.1, 0.15) is 5.69 Å². The molecule has 1 atom stereocenters. The number of carbonyl (C=O) groups excluding carboxylic acids is 2. The Hall–Kier alpha value is -0.950. The Balaban J connectivity index is 2.28. The van der Waals surface area contributed by atoms with Gasteiger partial charge in [0.2, 0.25) is 5.91 Å². The number of hydrogen-bond acceptors (Lipinski definition) is 3. The quantitative estimate of drug-likeness (QED) is 0.823. The molecule has 0 aromatic heterocycles. The Morgan fingerprint density at radius 3 is 2.53 bits per heavy atom. The van der Waals surface area contributed by atoms with Crippen molar-refractivity contribution in [1.29, 1.82) is 0 Å². The molecule has 0 N–H and O–H groups in total. The van der Waals surface area contributed by atoms with Crippen molar-refractivity contribution in [2.45, 2.75) is 18.6 Å². The molecule has 102 valence electrons. The van der Waals surface area contributed by atoms with Crippen LogP contribution < -0.4 is 4.90 Å². The van der Waals surface area contributed by atoms with Crippen LogP contribution in [0.4, 0.5) is 14.5 Å². The van der Waals surface area contributed by atoms with Crippen molar-refractivity contribution in [3.05, 3.63) is 28.2 Å². The van der Waals surface area contributed by atoms with Gasteiger partial charge in [0.05, 0.1) is 0 Å². The Labute approximate surface area is 121 Å². The van der Waals surface area contributed by atoms with Gasteiger partial charge in [-0.1, -0.05) is 27.7 Å². The van der Waals surface area contributed by atoms with Crippen LogP contribution in [0.3, 0.4) is 0 Å². The van der Waals surface area contributed by atoms with E-state index >= 15 is 0 Å². The van der Waals surface area contributed by atoms with Crippen molar-refractivity contribution in [2.75, 3.05) is 11.4 Å². The van der Waals surface area contributed by atoms with E-state index in [4.69, 9.17) is 0 Å². The number of nitrogens with zero attached hydrogens (tertiary/aromatic N) is 1. The van der Waals surface area contributed by atoms with E-state index in [1.165, 1.54) is 6.92 Å². The highest BCUT2D eigenvalue weighted by Gasteiger charge is 2.34. The molecule has 1 aromatic rings. The Morgan fingerprint density at radius 1 is 1.42 bits per heavy atom. The van der Waals surface area contributed by atoms with Crippen molar-refractivity contribution in [2.24, 2.45) is 0 Å². The molecule has 1 amide bonds. The van der Waals surface area contributed by atoms with E-state index < -0.39 is 11.6 Å². The monoisotopic (exact) mass is 349 g/mol. The van der Waals surface area contributed by atoms with Gasteiger partial charge in [-0.3, -0.25) is 9.59 Å². The van der Waals surface area contributed by atoms with Gasteiger partial charge in [0.25, 0.3) is 0 Å². The van der Waals surface area contributed by atoms with E-state index in [0.29, 0.717) is 0 Å². The van der Waals surface area contributed by atoms with Gasteiger partial charge in [-0.05, 0) is 12.1 Å². The molecule has 1 heterocycles. The lowest BCUT2D eigenvalue weighted by atomic mass is 10.2. The predicted octanol–water partition coefficient (Wildman–Crippen LogP) is 3.11. The van der Waals surface area contributed by atoms with E-state index in [9.17, 15) is 18.4 Å². The van der Waals surface area contributed by atoms with Crippen LogP contribution in [0.1, 0.15) is 13.3 Å². The maximum absolute atomic E-state index is 13.8. The van der Waals surface area contributed by atoms with Crippen LogP contribution in [-0.4, -0.2) is 22.8 Å². The Morgan fingerprint density at radius 2 is 2.00 bits per heavy atom. The molecule has 1 saturated heterocycles. The maximum atomic E-state index is 13.8. The zero-order valence-corrected chi connectivity index (χ0v) is 12.4. The smallest absolute Gasteiger partial charge is 0.228 e. The highest BCUT2D eigenvalue weighted by molar-refractivity contribution is 9.10. The molecule has 1 aliphatic heterocycles. The predicted molar refractivity (Wildman–Crippen MR) is 73.1 cm³/mol. The summed E-state index contributed by atoms with van der Waals surface area (Å²) in [5.74, 6) is -1.97. The molecule has 0 bridgehead atoms. The highest BCUT2D eigenvalue weighted by Crippen LogP contribution is 2.33. The minimum absolute atomic E-state index is 0.110. The molecule has 0 spiro atoms. The normalized spacial score (nSPS) is 19.1. The van der Waals surface area contributed by atoms with Crippen molar-refractivity contribution >= 4 is 44.4 Å².